The fraction of sp³-hybridized carbons (Fsp3) is 0.333. The van der Waals surface area contributed by atoms with Gasteiger partial charge in [0.05, 0.1) is 11.9 Å². The Bertz CT molecular complexity index is 885. The van der Waals surface area contributed by atoms with Gasteiger partial charge in [-0.05, 0) is 48.5 Å². The monoisotopic (exact) mass is 451 g/mol. The molecule has 29 heavy (non-hydrogen) atoms. The summed E-state index contributed by atoms with van der Waals surface area (Å²) in [6.45, 7) is 0. The number of ether oxygens (including phenoxy) is 2. The largest absolute Gasteiger partial charge is 0.573 e. The zero-order valence-electron chi connectivity index (χ0n) is 15.6. The summed E-state index contributed by atoms with van der Waals surface area (Å²) in [6, 6.07) is 11.8. The van der Waals surface area contributed by atoms with Gasteiger partial charge < -0.3 is 14.6 Å². The van der Waals surface area contributed by atoms with Crippen LogP contribution < -0.4 is 9.47 Å². The molecule has 0 aliphatic rings. The average Bonchev–Trinajstić information content (AvgIpc) is 2.61. The van der Waals surface area contributed by atoms with Gasteiger partial charge in [0.25, 0.3) is 0 Å². The van der Waals surface area contributed by atoms with Crippen molar-refractivity contribution in [2.75, 3.05) is 25.6 Å². The first-order valence-electron chi connectivity index (χ1n) is 8.29. The number of rotatable bonds is 9. The van der Waals surface area contributed by atoms with Crippen LogP contribution >= 0.6 is 11.8 Å². The SMILES string of the molecule is CN(C)S(=O)(=O)CC(O)CSc1ccc(Oc2ccc(OC(F)(F)F)cc2)cc1. The van der Waals surface area contributed by atoms with Crippen LogP contribution in [0.5, 0.6) is 17.2 Å². The van der Waals surface area contributed by atoms with Crippen molar-refractivity contribution >= 4 is 21.8 Å². The van der Waals surface area contributed by atoms with Crippen molar-refractivity contribution in [3.05, 3.63) is 48.5 Å². The number of halogens is 3. The molecule has 0 aliphatic heterocycles. The molecule has 2 aromatic carbocycles. The van der Waals surface area contributed by atoms with E-state index in [4.69, 9.17) is 4.74 Å². The topological polar surface area (TPSA) is 76.1 Å². The third kappa shape index (κ3) is 8.13. The third-order valence-corrected chi connectivity index (χ3v) is 6.59. The zero-order valence-corrected chi connectivity index (χ0v) is 17.2. The molecule has 2 aromatic rings. The summed E-state index contributed by atoms with van der Waals surface area (Å²) in [4.78, 5) is 0.799. The van der Waals surface area contributed by atoms with Crippen LogP contribution in [0.1, 0.15) is 0 Å². The number of nitrogens with zero attached hydrogens (tertiary/aromatic N) is 1. The van der Waals surface area contributed by atoms with E-state index < -0.39 is 22.5 Å². The Labute approximate surface area is 171 Å². The lowest BCUT2D eigenvalue weighted by molar-refractivity contribution is -0.274. The zero-order chi connectivity index (χ0) is 21.7. The highest BCUT2D eigenvalue weighted by Crippen LogP contribution is 2.29. The Kier molecular flexibility index (Phi) is 7.80. The van der Waals surface area contributed by atoms with Crippen molar-refractivity contribution in [2.24, 2.45) is 0 Å². The molecule has 0 saturated carbocycles. The van der Waals surface area contributed by atoms with E-state index in [9.17, 15) is 26.7 Å². The van der Waals surface area contributed by atoms with Gasteiger partial charge in [-0.15, -0.1) is 24.9 Å². The number of aliphatic hydroxyl groups excluding tert-OH is 1. The van der Waals surface area contributed by atoms with Gasteiger partial charge in [0, 0.05) is 24.7 Å². The van der Waals surface area contributed by atoms with Crippen LogP contribution in [0, 0.1) is 0 Å². The molecule has 2 rings (SSSR count). The molecule has 0 radical (unpaired) electrons. The highest BCUT2D eigenvalue weighted by Gasteiger charge is 2.31. The molecular formula is C18H20F3NO5S2. The van der Waals surface area contributed by atoms with E-state index in [0.717, 1.165) is 21.3 Å². The molecule has 1 atom stereocenters. The van der Waals surface area contributed by atoms with Gasteiger partial charge in [0.2, 0.25) is 10.0 Å². The second-order valence-electron chi connectivity index (χ2n) is 6.12. The molecule has 0 aliphatic carbocycles. The van der Waals surface area contributed by atoms with E-state index in [0.29, 0.717) is 11.5 Å². The van der Waals surface area contributed by atoms with E-state index in [-0.39, 0.29) is 17.3 Å². The van der Waals surface area contributed by atoms with Crippen LogP contribution in [0.15, 0.2) is 53.4 Å². The van der Waals surface area contributed by atoms with Gasteiger partial charge in [-0.1, -0.05) is 0 Å². The maximum Gasteiger partial charge on any atom is 0.573 e. The highest BCUT2D eigenvalue weighted by atomic mass is 32.2. The van der Waals surface area contributed by atoms with E-state index in [1.807, 2.05) is 0 Å². The Hall–Kier alpha value is -1.95. The van der Waals surface area contributed by atoms with Crippen molar-refractivity contribution < 1.29 is 36.2 Å². The summed E-state index contributed by atoms with van der Waals surface area (Å²) in [5.74, 6) is 0.307. The summed E-state index contributed by atoms with van der Waals surface area (Å²) in [6.07, 6.45) is -5.76. The van der Waals surface area contributed by atoms with Gasteiger partial charge in [-0.2, -0.15) is 0 Å². The van der Waals surface area contributed by atoms with Gasteiger partial charge in [-0.3, -0.25) is 0 Å². The van der Waals surface area contributed by atoms with Crippen LogP contribution in [-0.4, -0.2) is 55.9 Å². The van der Waals surface area contributed by atoms with Crippen molar-refractivity contribution in [1.29, 1.82) is 0 Å². The molecule has 0 aromatic heterocycles. The second kappa shape index (κ2) is 9.70. The lowest BCUT2D eigenvalue weighted by atomic mass is 10.3. The van der Waals surface area contributed by atoms with Crippen molar-refractivity contribution in [3.8, 4) is 17.2 Å². The molecule has 6 nitrogen and oxygen atoms in total. The summed E-state index contributed by atoms with van der Waals surface area (Å²) >= 11 is 1.29. The van der Waals surface area contributed by atoms with Crippen molar-refractivity contribution in [3.63, 3.8) is 0 Å². The maximum atomic E-state index is 12.2. The maximum absolute atomic E-state index is 12.2. The minimum Gasteiger partial charge on any atom is -0.457 e. The second-order valence-corrected chi connectivity index (χ2v) is 9.44. The number of thioether (sulfide) groups is 1. The lowest BCUT2D eigenvalue weighted by Gasteiger charge is -2.15. The predicted molar refractivity (Wildman–Crippen MR) is 104 cm³/mol. The fourth-order valence-electron chi connectivity index (χ4n) is 2.08. The Morgan fingerprint density at radius 2 is 1.48 bits per heavy atom. The number of hydrogen-bond donors (Lipinski definition) is 1. The van der Waals surface area contributed by atoms with Gasteiger partial charge in [-0.25, -0.2) is 12.7 Å². The van der Waals surface area contributed by atoms with E-state index in [1.54, 1.807) is 24.3 Å². The van der Waals surface area contributed by atoms with Crippen LogP contribution in [-0.2, 0) is 10.0 Å². The molecule has 0 fully saturated rings. The fourth-order valence-corrected chi connectivity index (χ4v) is 3.96. The van der Waals surface area contributed by atoms with Crippen molar-refractivity contribution in [1.82, 2.24) is 4.31 Å². The van der Waals surface area contributed by atoms with Gasteiger partial charge >= 0.3 is 6.36 Å². The van der Waals surface area contributed by atoms with Gasteiger partial charge in [0.1, 0.15) is 17.2 Å². The average molecular weight is 451 g/mol. The van der Waals surface area contributed by atoms with Crippen molar-refractivity contribution in [2.45, 2.75) is 17.4 Å². The van der Waals surface area contributed by atoms with E-state index in [2.05, 4.69) is 4.74 Å². The highest BCUT2D eigenvalue weighted by molar-refractivity contribution is 7.99. The standard InChI is InChI=1S/C18H20F3NO5S2/c1-22(2)29(24,25)12-13(23)11-28-17-9-7-15(8-10-17)26-14-3-5-16(6-4-14)27-18(19,20)21/h3-10,13,23H,11-12H2,1-2H3. The molecule has 1 unspecified atom stereocenters. The Morgan fingerprint density at radius 1 is 1.00 bits per heavy atom. The van der Waals surface area contributed by atoms with Crippen LogP contribution in [0.25, 0.3) is 0 Å². The summed E-state index contributed by atoms with van der Waals surface area (Å²) in [7, 11) is -0.663. The number of aliphatic hydroxyl groups is 1. The third-order valence-electron chi connectivity index (χ3n) is 3.52. The summed E-state index contributed by atoms with van der Waals surface area (Å²) < 4.78 is 70.3. The first kappa shape index (κ1) is 23.3. The first-order valence-corrected chi connectivity index (χ1v) is 10.9. The number of benzene rings is 2. The molecule has 0 bridgehead atoms. The molecule has 1 N–H and O–H groups in total. The van der Waals surface area contributed by atoms with Crippen LogP contribution in [0.4, 0.5) is 13.2 Å². The molecule has 160 valence electrons. The molecule has 0 spiro atoms. The smallest absolute Gasteiger partial charge is 0.457 e. The van der Waals surface area contributed by atoms with Crippen LogP contribution in [0.2, 0.25) is 0 Å². The van der Waals surface area contributed by atoms with Crippen LogP contribution in [0.3, 0.4) is 0 Å². The number of hydrogen-bond acceptors (Lipinski definition) is 6. The van der Waals surface area contributed by atoms with E-state index in [1.165, 1.54) is 38.0 Å². The predicted octanol–water partition coefficient (Wildman–Crippen LogP) is 3.72. The molecular weight excluding hydrogens is 431 g/mol. The molecule has 0 saturated heterocycles. The molecule has 0 amide bonds. The quantitative estimate of drug-likeness (QED) is 0.586. The molecule has 11 heteroatoms. The number of alkyl halides is 3. The van der Waals surface area contributed by atoms with Gasteiger partial charge in [0.15, 0.2) is 0 Å². The summed E-state index contributed by atoms with van der Waals surface area (Å²) in [5, 5.41) is 9.91. The lowest BCUT2D eigenvalue weighted by Crippen LogP contribution is -2.32. The first-order chi connectivity index (χ1) is 13.4. The Balaban J connectivity index is 1.87. The Morgan fingerprint density at radius 3 is 1.97 bits per heavy atom. The number of sulfonamides is 1. The minimum atomic E-state index is -4.75. The molecule has 0 heterocycles. The van der Waals surface area contributed by atoms with E-state index >= 15 is 0 Å². The summed E-state index contributed by atoms with van der Waals surface area (Å²) in [5.41, 5.74) is 0. The minimum absolute atomic E-state index is 0.202. The normalized spacial score (nSPS) is 13.3.